The normalized spacial score (nSPS) is 9.78. The van der Waals surface area contributed by atoms with E-state index in [1.165, 1.54) is 13.2 Å². The lowest BCUT2D eigenvalue weighted by atomic mass is 10.1. The third-order valence-corrected chi connectivity index (χ3v) is 3.14. The standard InChI is InChI=1S/C16H20N2O5/c1-4-8-17-16(19)7-6-9-23-15-11-13(18(20)21)12(5-2)10-14(15)22-3/h1,10-11H,5-9H2,2-3H3,(H,17,19). The molecule has 0 saturated carbocycles. The van der Waals surface area contributed by atoms with Gasteiger partial charge >= 0.3 is 0 Å². The third-order valence-electron chi connectivity index (χ3n) is 3.14. The smallest absolute Gasteiger partial charge is 0.276 e. The van der Waals surface area contributed by atoms with Crippen LogP contribution in [0, 0.1) is 22.5 Å². The maximum atomic E-state index is 11.4. The van der Waals surface area contributed by atoms with Crippen molar-refractivity contribution in [2.75, 3.05) is 20.3 Å². The first-order valence-corrected chi connectivity index (χ1v) is 7.21. The van der Waals surface area contributed by atoms with E-state index < -0.39 is 4.92 Å². The zero-order chi connectivity index (χ0) is 17.2. The predicted octanol–water partition coefficient (Wildman–Crippen LogP) is 2.07. The Morgan fingerprint density at radius 1 is 1.43 bits per heavy atom. The summed E-state index contributed by atoms with van der Waals surface area (Å²) in [7, 11) is 1.47. The Hall–Kier alpha value is -2.75. The number of methoxy groups -OCH3 is 1. The van der Waals surface area contributed by atoms with Gasteiger partial charge in [0.05, 0.1) is 31.3 Å². The number of hydrogen-bond acceptors (Lipinski definition) is 5. The molecular formula is C16H20N2O5. The van der Waals surface area contributed by atoms with Crippen molar-refractivity contribution in [2.45, 2.75) is 26.2 Å². The molecule has 0 fully saturated rings. The van der Waals surface area contributed by atoms with Gasteiger partial charge in [-0.1, -0.05) is 12.8 Å². The SMILES string of the molecule is C#CCNC(=O)CCCOc1cc([N+](=O)[O-])c(CC)cc1OC. The van der Waals surface area contributed by atoms with Crippen molar-refractivity contribution in [2.24, 2.45) is 0 Å². The molecule has 0 aliphatic rings. The summed E-state index contributed by atoms with van der Waals surface area (Å²) in [6.45, 7) is 2.26. The zero-order valence-electron chi connectivity index (χ0n) is 13.3. The highest BCUT2D eigenvalue weighted by molar-refractivity contribution is 5.76. The Bertz CT molecular complexity index is 607. The number of hydrogen-bond donors (Lipinski definition) is 1. The fourth-order valence-electron chi connectivity index (χ4n) is 1.97. The number of amides is 1. The molecular weight excluding hydrogens is 300 g/mol. The van der Waals surface area contributed by atoms with Crippen molar-refractivity contribution in [3.63, 3.8) is 0 Å². The number of nitrogens with one attached hydrogen (secondary N) is 1. The van der Waals surface area contributed by atoms with Crippen molar-refractivity contribution < 1.29 is 19.2 Å². The number of terminal acetylenes is 1. The lowest BCUT2D eigenvalue weighted by Crippen LogP contribution is -2.23. The number of nitro groups is 1. The number of aryl methyl sites for hydroxylation is 1. The van der Waals surface area contributed by atoms with Gasteiger partial charge in [0, 0.05) is 12.0 Å². The van der Waals surface area contributed by atoms with E-state index in [0.717, 1.165) is 0 Å². The molecule has 0 atom stereocenters. The van der Waals surface area contributed by atoms with E-state index in [0.29, 0.717) is 29.9 Å². The maximum Gasteiger partial charge on any atom is 0.276 e. The number of carbonyl (C=O) groups is 1. The summed E-state index contributed by atoms with van der Waals surface area (Å²) >= 11 is 0. The molecule has 1 amide bonds. The molecule has 0 bridgehead atoms. The van der Waals surface area contributed by atoms with Crippen LogP contribution in [-0.2, 0) is 11.2 Å². The molecule has 23 heavy (non-hydrogen) atoms. The average molecular weight is 320 g/mol. The third kappa shape index (κ3) is 5.51. The van der Waals surface area contributed by atoms with Gasteiger partial charge in [-0.15, -0.1) is 6.42 Å². The summed E-state index contributed by atoms with van der Waals surface area (Å²) < 4.78 is 10.7. The van der Waals surface area contributed by atoms with E-state index in [-0.39, 0.29) is 31.2 Å². The van der Waals surface area contributed by atoms with Gasteiger partial charge in [-0.2, -0.15) is 0 Å². The lowest BCUT2D eigenvalue weighted by molar-refractivity contribution is -0.385. The van der Waals surface area contributed by atoms with Gasteiger partial charge in [-0.3, -0.25) is 14.9 Å². The molecule has 0 unspecified atom stereocenters. The minimum absolute atomic E-state index is 0.00457. The van der Waals surface area contributed by atoms with Gasteiger partial charge in [0.25, 0.3) is 5.69 Å². The van der Waals surface area contributed by atoms with Crippen LogP contribution in [0.15, 0.2) is 12.1 Å². The van der Waals surface area contributed by atoms with E-state index in [2.05, 4.69) is 11.2 Å². The van der Waals surface area contributed by atoms with Crippen LogP contribution < -0.4 is 14.8 Å². The molecule has 124 valence electrons. The number of nitrogens with zero attached hydrogens (tertiary/aromatic N) is 1. The van der Waals surface area contributed by atoms with Crippen molar-refractivity contribution in [1.82, 2.24) is 5.32 Å². The van der Waals surface area contributed by atoms with Gasteiger partial charge in [0.15, 0.2) is 11.5 Å². The van der Waals surface area contributed by atoms with Gasteiger partial charge in [-0.25, -0.2) is 0 Å². The van der Waals surface area contributed by atoms with Crippen molar-refractivity contribution in [1.29, 1.82) is 0 Å². The minimum atomic E-state index is -0.446. The quantitative estimate of drug-likeness (QED) is 0.325. The highest BCUT2D eigenvalue weighted by Gasteiger charge is 2.18. The highest BCUT2D eigenvalue weighted by Crippen LogP contribution is 2.35. The second-order valence-corrected chi connectivity index (χ2v) is 4.68. The number of nitro benzene ring substituents is 1. The second-order valence-electron chi connectivity index (χ2n) is 4.68. The first-order valence-electron chi connectivity index (χ1n) is 7.21. The first-order chi connectivity index (χ1) is 11.0. The van der Waals surface area contributed by atoms with Crippen LogP contribution in [0.1, 0.15) is 25.3 Å². The van der Waals surface area contributed by atoms with Crippen LogP contribution in [0.2, 0.25) is 0 Å². The Balaban J connectivity index is 2.69. The molecule has 0 aliphatic heterocycles. The van der Waals surface area contributed by atoms with Gasteiger partial charge in [-0.05, 0) is 18.9 Å². The average Bonchev–Trinajstić information content (AvgIpc) is 2.55. The Morgan fingerprint density at radius 2 is 2.17 bits per heavy atom. The molecule has 7 heteroatoms. The van der Waals surface area contributed by atoms with Crippen molar-refractivity contribution in [3.8, 4) is 23.8 Å². The molecule has 0 saturated heterocycles. The molecule has 1 N–H and O–H groups in total. The summed E-state index contributed by atoms with van der Waals surface area (Å²) in [4.78, 5) is 22.0. The van der Waals surface area contributed by atoms with E-state index in [1.807, 2.05) is 6.92 Å². The van der Waals surface area contributed by atoms with Crippen LogP contribution in [0.3, 0.4) is 0 Å². The second kappa shape index (κ2) is 9.30. The lowest BCUT2D eigenvalue weighted by Gasteiger charge is -2.12. The first kappa shape index (κ1) is 18.3. The Morgan fingerprint density at radius 3 is 2.74 bits per heavy atom. The van der Waals surface area contributed by atoms with E-state index in [9.17, 15) is 14.9 Å². The molecule has 1 rings (SSSR count). The molecule has 1 aromatic carbocycles. The maximum absolute atomic E-state index is 11.4. The summed E-state index contributed by atoms with van der Waals surface area (Å²) in [5.74, 6) is 2.88. The summed E-state index contributed by atoms with van der Waals surface area (Å²) in [6.07, 6.45) is 6.28. The highest BCUT2D eigenvalue weighted by atomic mass is 16.6. The summed E-state index contributed by atoms with van der Waals surface area (Å²) in [5.41, 5.74) is 0.572. The van der Waals surface area contributed by atoms with Crippen LogP contribution in [0.25, 0.3) is 0 Å². The Kier molecular flexibility index (Phi) is 7.40. The molecule has 0 aromatic heterocycles. The minimum Gasteiger partial charge on any atom is -0.493 e. The van der Waals surface area contributed by atoms with E-state index >= 15 is 0 Å². The fraction of sp³-hybridized carbons (Fsp3) is 0.438. The summed E-state index contributed by atoms with van der Waals surface area (Å²) in [6, 6.07) is 2.96. The van der Waals surface area contributed by atoms with Crippen LogP contribution in [0.4, 0.5) is 5.69 Å². The molecule has 0 radical (unpaired) electrons. The molecule has 0 spiro atoms. The molecule has 0 heterocycles. The number of carbonyl (C=O) groups excluding carboxylic acids is 1. The van der Waals surface area contributed by atoms with Crippen LogP contribution in [0.5, 0.6) is 11.5 Å². The fourth-order valence-corrected chi connectivity index (χ4v) is 1.97. The van der Waals surface area contributed by atoms with E-state index in [4.69, 9.17) is 15.9 Å². The van der Waals surface area contributed by atoms with Gasteiger partial charge < -0.3 is 14.8 Å². The monoisotopic (exact) mass is 320 g/mol. The zero-order valence-corrected chi connectivity index (χ0v) is 13.3. The van der Waals surface area contributed by atoms with E-state index in [1.54, 1.807) is 6.07 Å². The number of ether oxygens (including phenoxy) is 2. The predicted molar refractivity (Wildman–Crippen MR) is 85.6 cm³/mol. The molecule has 1 aromatic rings. The molecule has 0 aliphatic carbocycles. The topological polar surface area (TPSA) is 90.7 Å². The largest absolute Gasteiger partial charge is 0.493 e. The van der Waals surface area contributed by atoms with Crippen LogP contribution in [-0.4, -0.2) is 31.1 Å². The molecule has 7 nitrogen and oxygen atoms in total. The van der Waals surface area contributed by atoms with Gasteiger partial charge in [0.2, 0.25) is 5.91 Å². The number of rotatable bonds is 9. The Labute approximate surface area is 135 Å². The van der Waals surface area contributed by atoms with Crippen molar-refractivity contribution >= 4 is 11.6 Å². The van der Waals surface area contributed by atoms with Crippen molar-refractivity contribution in [3.05, 3.63) is 27.8 Å². The van der Waals surface area contributed by atoms with Crippen LogP contribution >= 0.6 is 0 Å². The van der Waals surface area contributed by atoms with Gasteiger partial charge in [0.1, 0.15) is 0 Å². The summed E-state index contributed by atoms with van der Waals surface area (Å²) in [5, 5.41) is 13.6. The number of benzene rings is 1.